The zero-order chi connectivity index (χ0) is 19.1. The zero-order valence-corrected chi connectivity index (χ0v) is 16.4. The van der Waals surface area contributed by atoms with E-state index in [2.05, 4.69) is 13.5 Å². The molecule has 0 radical (unpaired) electrons. The molecule has 0 spiro atoms. The Kier molecular flexibility index (Phi) is 5.24. The lowest BCUT2D eigenvalue weighted by Gasteiger charge is -2.53. The lowest BCUT2D eigenvalue weighted by molar-refractivity contribution is -0.223. The molecule has 1 heterocycles. The van der Waals surface area contributed by atoms with Crippen molar-refractivity contribution < 1.29 is 24.1 Å². The number of allylic oxidation sites excluding steroid dienone is 1. The quantitative estimate of drug-likeness (QED) is 0.595. The molecule has 1 N–H and O–H groups in total. The summed E-state index contributed by atoms with van der Waals surface area (Å²) in [7, 11) is 1.77. The fourth-order valence-corrected chi connectivity index (χ4v) is 4.99. The summed E-state index contributed by atoms with van der Waals surface area (Å²) in [5.74, 6) is -0.149. The number of ether oxygens (including phenoxy) is 3. The molecule has 0 aromatic carbocycles. The lowest BCUT2D eigenvalue weighted by atomic mass is 9.57. The Morgan fingerprint density at radius 3 is 2.73 bits per heavy atom. The lowest BCUT2D eigenvalue weighted by Crippen LogP contribution is -2.50. The first-order chi connectivity index (χ1) is 12.2. The van der Waals surface area contributed by atoms with E-state index >= 15 is 0 Å². The van der Waals surface area contributed by atoms with E-state index in [9.17, 15) is 9.90 Å². The maximum absolute atomic E-state index is 12.8. The van der Waals surface area contributed by atoms with Gasteiger partial charge in [0.25, 0.3) is 0 Å². The number of hydrogen-bond donors (Lipinski definition) is 1. The third kappa shape index (κ3) is 3.44. The number of methoxy groups -OCH3 is 1. The van der Waals surface area contributed by atoms with E-state index in [0.717, 1.165) is 31.4 Å². The van der Waals surface area contributed by atoms with Crippen molar-refractivity contribution in [1.29, 1.82) is 0 Å². The summed E-state index contributed by atoms with van der Waals surface area (Å²) < 4.78 is 17.4. The average Bonchev–Trinajstić information content (AvgIpc) is 2.54. The Balaban J connectivity index is 2.00. The second-order valence-corrected chi connectivity index (χ2v) is 8.73. The maximum Gasteiger partial charge on any atom is 0.340 e. The van der Waals surface area contributed by atoms with Gasteiger partial charge < -0.3 is 19.3 Å². The van der Waals surface area contributed by atoms with Crippen LogP contribution in [-0.2, 0) is 19.0 Å². The maximum atomic E-state index is 12.8. The molecule has 5 nitrogen and oxygen atoms in total. The molecule has 0 bridgehead atoms. The van der Waals surface area contributed by atoms with Gasteiger partial charge in [0.05, 0.1) is 17.8 Å². The van der Waals surface area contributed by atoms with E-state index in [1.54, 1.807) is 27.0 Å². The Labute approximate surface area is 156 Å². The number of cyclic esters (lactones) is 1. The van der Waals surface area contributed by atoms with Crippen LogP contribution >= 0.6 is 0 Å². The number of aliphatic hydroxyl groups excluding tert-OH is 1. The first kappa shape index (κ1) is 19.4. The Morgan fingerprint density at radius 2 is 2.08 bits per heavy atom. The molecule has 5 atom stereocenters. The van der Waals surface area contributed by atoms with Crippen molar-refractivity contribution in [2.45, 2.75) is 77.3 Å². The number of carbonyl (C=O) groups is 1. The van der Waals surface area contributed by atoms with Gasteiger partial charge in [-0.15, -0.1) is 6.58 Å². The third-order valence-corrected chi connectivity index (χ3v) is 6.41. The molecule has 1 fully saturated rings. The van der Waals surface area contributed by atoms with Crippen molar-refractivity contribution in [3.8, 4) is 0 Å². The molecule has 0 aromatic rings. The van der Waals surface area contributed by atoms with E-state index < -0.39 is 11.9 Å². The number of hydrogen-bond acceptors (Lipinski definition) is 5. The molecular weight excluding hydrogens is 332 g/mol. The second kappa shape index (κ2) is 7.01. The van der Waals surface area contributed by atoms with Gasteiger partial charge in [0.15, 0.2) is 0 Å². The van der Waals surface area contributed by atoms with E-state index in [1.807, 2.05) is 0 Å². The summed E-state index contributed by atoms with van der Waals surface area (Å²) in [4.78, 5) is 12.8. The van der Waals surface area contributed by atoms with Gasteiger partial charge in [-0.2, -0.15) is 0 Å². The minimum absolute atomic E-state index is 0.0581. The summed E-state index contributed by atoms with van der Waals surface area (Å²) in [6, 6.07) is 0. The van der Waals surface area contributed by atoms with Crippen LogP contribution in [0, 0.1) is 17.3 Å². The Morgan fingerprint density at radius 1 is 1.35 bits per heavy atom. The number of rotatable bonds is 5. The molecule has 3 aliphatic rings. The van der Waals surface area contributed by atoms with E-state index in [0.29, 0.717) is 24.3 Å². The molecule has 1 aliphatic heterocycles. The molecule has 0 amide bonds. The molecule has 146 valence electrons. The Bertz CT molecular complexity index is 608. The van der Waals surface area contributed by atoms with Crippen LogP contribution in [-0.4, -0.2) is 36.2 Å². The first-order valence-corrected chi connectivity index (χ1v) is 9.69. The number of aliphatic hydroxyl groups is 1. The Hall–Kier alpha value is -1.33. The number of carbonyl (C=O) groups excluding carboxylic acids is 1. The van der Waals surface area contributed by atoms with Crippen LogP contribution < -0.4 is 0 Å². The van der Waals surface area contributed by atoms with E-state index in [1.165, 1.54) is 0 Å². The van der Waals surface area contributed by atoms with Gasteiger partial charge in [0, 0.05) is 26.4 Å². The summed E-state index contributed by atoms with van der Waals surface area (Å²) in [6.45, 7) is 9.48. The minimum atomic E-state index is -0.955. The molecule has 0 unspecified atom stereocenters. The molecule has 0 aromatic heterocycles. The van der Waals surface area contributed by atoms with Gasteiger partial charge in [-0.25, -0.2) is 4.79 Å². The highest BCUT2D eigenvalue weighted by Crippen LogP contribution is 2.58. The van der Waals surface area contributed by atoms with Crippen LogP contribution in [0.1, 0.15) is 59.3 Å². The second-order valence-electron chi connectivity index (χ2n) is 8.73. The van der Waals surface area contributed by atoms with Crippen molar-refractivity contribution in [2.24, 2.45) is 17.3 Å². The van der Waals surface area contributed by atoms with E-state index in [-0.39, 0.29) is 23.4 Å². The highest BCUT2D eigenvalue weighted by molar-refractivity contribution is 5.91. The molecular formula is C21H32O5. The largest absolute Gasteiger partial charge is 0.456 e. The number of esters is 1. The summed E-state index contributed by atoms with van der Waals surface area (Å²) in [5.41, 5.74) is 0.461. The van der Waals surface area contributed by atoms with Gasteiger partial charge in [-0.3, -0.25) is 0 Å². The minimum Gasteiger partial charge on any atom is -0.456 e. The molecule has 0 saturated heterocycles. The molecule has 2 aliphatic carbocycles. The molecule has 5 heteroatoms. The molecule has 1 saturated carbocycles. The topological polar surface area (TPSA) is 65.0 Å². The van der Waals surface area contributed by atoms with Crippen molar-refractivity contribution >= 4 is 5.97 Å². The standard InChI is InChI=1S/C21H32O5/c1-6-7-15(22)11-13-10-14-12-16(24-5)8-9-21(14,4)18-17(13)19(23)26-20(2,3)25-18/h6,13-16,22H,1,7-12H2,2-5H3/t13-,14-,15-,16-,21-/m1/s1. The van der Waals surface area contributed by atoms with Gasteiger partial charge in [0.2, 0.25) is 5.79 Å². The summed E-state index contributed by atoms with van der Waals surface area (Å²) in [5, 5.41) is 10.3. The smallest absolute Gasteiger partial charge is 0.340 e. The van der Waals surface area contributed by atoms with Gasteiger partial charge >= 0.3 is 5.97 Å². The molecule has 26 heavy (non-hydrogen) atoms. The monoisotopic (exact) mass is 364 g/mol. The van der Waals surface area contributed by atoms with Crippen molar-refractivity contribution in [3.63, 3.8) is 0 Å². The van der Waals surface area contributed by atoms with E-state index in [4.69, 9.17) is 14.2 Å². The van der Waals surface area contributed by atoms with Crippen molar-refractivity contribution in [1.82, 2.24) is 0 Å². The van der Waals surface area contributed by atoms with Crippen LogP contribution in [0.4, 0.5) is 0 Å². The predicted molar refractivity (Wildman–Crippen MR) is 98.1 cm³/mol. The van der Waals surface area contributed by atoms with Gasteiger partial charge in [0.1, 0.15) is 5.76 Å². The van der Waals surface area contributed by atoms with Crippen molar-refractivity contribution in [3.05, 3.63) is 24.0 Å². The van der Waals surface area contributed by atoms with Crippen LogP contribution in [0.2, 0.25) is 0 Å². The predicted octanol–water partition coefficient (Wildman–Crippen LogP) is 3.72. The fourth-order valence-electron chi connectivity index (χ4n) is 4.99. The van der Waals surface area contributed by atoms with Crippen LogP contribution in [0.3, 0.4) is 0 Å². The van der Waals surface area contributed by atoms with Crippen LogP contribution in [0.15, 0.2) is 24.0 Å². The van der Waals surface area contributed by atoms with Crippen LogP contribution in [0.5, 0.6) is 0 Å². The SMILES string of the molecule is C=CC[C@@H](O)C[C@H]1C[C@@H]2C[C@H](OC)CC[C@@]2(C)C2=C1C(=O)OC(C)(C)O2. The zero-order valence-electron chi connectivity index (χ0n) is 16.4. The summed E-state index contributed by atoms with van der Waals surface area (Å²) >= 11 is 0. The highest BCUT2D eigenvalue weighted by Gasteiger charge is 2.55. The average molecular weight is 364 g/mol. The first-order valence-electron chi connectivity index (χ1n) is 9.69. The van der Waals surface area contributed by atoms with Crippen molar-refractivity contribution in [2.75, 3.05) is 7.11 Å². The summed E-state index contributed by atoms with van der Waals surface area (Å²) in [6.07, 6.45) is 6.18. The molecule has 3 rings (SSSR count). The highest BCUT2D eigenvalue weighted by atomic mass is 16.7. The number of fused-ring (bicyclic) bond motifs is 2. The van der Waals surface area contributed by atoms with Gasteiger partial charge in [-0.1, -0.05) is 13.0 Å². The normalized spacial score (nSPS) is 37.1. The van der Waals surface area contributed by atoms with Gasteiger partial charge in [-0.05, 0) is 50.4 Å². The third-order valence-electron chi connectivity index (χ3n) is 6.41. The van der Waals surface area contributed by atoms with Crippen LogP contribution in [0.25, 0.3) is 0 Å². The fraction of sp³-hybridized carbons (Fsp3) is 0.762.